The highest BCUT2D eigenvalue weighted by atomic mass is 32.2. The Hall–Kier alpha value is -1.56. The number of hydrogen-bond donors (Lipinski definition) is 1. The van der Waals surface area contributed by atoms with Crippen LogP contribution < -0.4 is 5.69 Å². The molecule has 0 amide bonds. The summed E-state index contributed by atoms with van der Waals surface area (Å²) in [6.45, 7) is 1.85. The summed E-state index contributed by atoms with van der Waals surface area (Å²) in [5.74, 6) is -0.0646. The summed E-state index contributed by atoms with van der Waals surface area (Å²) in [4.78, 5) is 15.8. The number of aromatic nitrogens is 3. The van der Waals surface area contributed by atoms with E-state index in [-0.39, 0.29) is 5.82 Å². The van der Waals surface area contributed by atoms with E-state index in [0.29, 0.717) is 11.4 Å². The molecule has 2 aromatic rings. The van der Waals surface area contributed by atoms with Gasteiger partial charge in [0.2, 0.25) is 0 Å². The molecule has 90 valence electrons. The molecule has 2 rings (SSSR count). The van der Waals surface area contributed by atoms with Crippen LogP contribution in [0.2, 0.25) is 0 Å². The number of rotatable bonds is 2. The Labute approximate surface area is 102 Å². The fourth-order valence-corrected chi connectivity index (χ4v) is 2.29. The molecule has 6 heteroatoms. The van der Waals surface area contributed by atoms with Crippen LogP contribution in [0.5, 0.6) is 0 Å². The van der Waals surface area contributed by atoms with Gasteiger partial charge in [0, 0.05) is 11.9 Å². The van der Waals surface area contributed by atoms with Gasteiger partial charge in [-0.05, 0) is 30.9 Å². The van der Waals surface area contributed by atoms with Crippen LogP contribution in [0.1, 0.15) is 5.56 Å². The van der Waals surface area contributed by atoms with Crippen molar-refractivity contribution in [3.8, 4) is 11.4 Å². The number of benzene rings is 1. The summed E-state index contributed by atoms with van der Waals surface area (Å²) in [7, 11) is 1.63. The minimum Gasteiger partial charge on any atom is -0.269 e. The van der Waals surface area contributed by atoms with Gasteiger partial charge in [0.15, 0.2) is 5.82 Å². The number of hydrogen-bond acceptors (Lipinski definition) is 3. The Morgan fingerprint density at radius 1 is 1.47 bits per heavy atom. The topological polar surface area (TPSA) is 50.7 Å². The normalized spacial score (nSPS) is 10.8. The van der Waals surface area contributed by atoms with Crippen molar-refractivity contribution in [1.29, 1.82) is 0 Å². The second kappa shape index (κ2) is 4.37. The maximum Gasteiger partial charge on any atom is 0.361 e. The van der Waals surface area contributed by atoms with Crippen LogP contribution in [0.15, 0.2) is 21.8 Å². The van der Waals surface area contributed by atoms with Crippen molar-refractivity contribution in [3.05, 3.63) is 34.0 Å². The van der Waals surface area contributed by atoms with Gasteiger partial charge in [-0.25, -0.2) is 14.3 Å². The zero-order valence-corrected chi connectivity index (χ0v) is 10.6. The lowest BCUT2D eigenvalue weighted by Gasteiger charge is -2.07. The molecule has 0 spiro atoms. The Morgan fingerprint density at radius 3 is 2.71 bits per heavy atom. The van der Waals surface area contributed by atoms with Crippen molar-refractivity contribution in [2.75, 3.05) is 6.26 Å². The highest BCUT2D eigenvalue weighted by molar-refractivity contribution is 7.98. The summed E-state index contributed by atoms with van der Waals surface area (Å²) in [5.41, 5.74) is 0.730. The maximum absolute atomic E-state index is 13.9. The van der Waals surface area contributed by atoms with Crippen molar-refractivity contribution in [1.82, 2.24) is 14.8 Å². The molecule has 0 fully saturated rings. The molecule has 0 aliphatic carbocycles. The van der Waals surface area contributed by atoms with E-state index < -0.39 is 5.69 Å². The molecule has 0 radical (unpaired) electrons. The average molecular weight is 253 g/mol. The average Bonchev–Trinajstić information content (AvgIpc) is 2.58. The van der Waals surface area contributed by atoms with E-state index in [9.17, 15) is 9.18 Å². The third-order valence-corrected chi connectivity index (χ3v) is 3.39. The minimum absolute atomic E-state index is 0.308. The summed E-state index contributed by atoms with van der Waals surface area (Å²) in [6.07, 6.45) is 1.92. The van der Waals surface area contributed by atoms with Gasteiger partial charge in [-0.15, -0.1) is 11.8 Å². The van der Waals surface area contributed by atoms with E-state index in [4.69, 9.17) is 0 Å². The quantitative estimate of drug-likeness (QED) is 0.832. The van der Waals surface area contributed by atoms with Crippen molar-refractivity contribution in [2.45, 2.75) is 11.8 Å². The zero-order chi connectivity index (χ0) is 12.6. The molecule has 0 bridgehead atoms. The van der Waals surface area contributed by atoms with E-state index in [2.05, 4.69) is 10.1 Å². The number of halogens is 1. The Kier molecular flexibility index (Phi) is 3.06. The number of aryl methyl sites for hydroxylation is 2. The highest BCUT2D eigenvalue weighted by Crippen LogP contribution is 2.28. The number of H-pyrrole nitrogens is 1. The number of nitrogens with zero attached hydrogens (tertiary/aromatic N) is 2. The Bertz CT molecular complexity index is 618. The zero-order valence-electron chi connectivity index (χ0n) is 9.74. The summed E-state index contributed by atoms with van der Waals surface area (Å²) in [6, 6.07) is 3.17. The van der Waals surface area contributed by atoms with Crippen molar-refractivity contribution in [3.63, 3.8) is 0 Å². The molecule has 0 unspecified atom stereocenters. The van der Waals surface area contributed by atoms with Crippen molar-refractivity contribution < 1.29 is 4.39 Å². The third-order valence-electron chi connectivity index (χ3n) is 2.51. The first kappa shape index (κ1) is 11.9. The molecule has 1 aromatic heterocycles. The summed E-state index contributed by atoms with van der Waals surface area (Å²) < 4.78 is 15.3. The highest BCUT2D eigenvalue weighted by Gasteiger charge is 2.13. The van der Waals surface area contributed by atoms with Crippen molar-refractivity contribution in [2.24, 2.45) is 7.05 Å². The van der Waals surface area contributed by atoms with Gasteiger partial charge in [-0.3, -0.25) is 4.68 Å². The number of nitrogens with one attached hydrogen (secondary N) is 1. The summed E-state index contributed by atoms with van der Waals surface area (Å²) >= 11 is 1.53. The van der Waals surface area contributed by atoms with Gasteiger partial charge >= 0.3 is 5.69 Å². The fourth-order valence-electron chi connectivity index (χ4n) is 1.68. The van der Waals surface area contributed by atoms with Crippen LogP contribution in [0.25, 0.3) is 11.4 Å². The van der Waals surface area contributed by atoms with Crippen LogP contribution in [-0.2, 0) is 7.05 Å². The van der Waals surface area contributed by atoms with Crippen LogP contribution >= 0.6 is 11.8 Å². The Morgan fingerprint density at radius 2 is 2.18 bits per heavy atom. The van der Waals surface area contributed by atoms with Crippen molar-refractivity contribution >= 4 is 11.8 Å². The molecule has 0 atom stereocenters. The summed E-state index contributed by atoms with van der Waals surface area (Å²) in [5, 5.41) is 2.46. The molecule has 0 saturated heterocycles. The van der Waals surface area contributed by atoms with Crippen LogP contribution in [-0.4, -0.2) is 21.0 Å². The predicted octanol–water partition coefficient (Wildman–Crippen LogP) is 1.94. The molecule has 0 aliphatic rings. The molecule has 4 nitrogen and oxygen atoms in total. The molecule has 1 N–H and O–H groups in total. The molecule has 17 heavy (non-hydrogen) atoms. The molecular formula is C11H12FN3OS. The lowest BCUT2D eigenvalue weighted by Crippen LogP contribution is -2.03. The molecule has 1 aromatic carbocycles. The monoisotopic (exact) mass is 253 g/mol. The second-order valence-corrected chi connectivity index (χ2v) is 4.56. The minimum atomic E-state index is -0.479. The van der Waals surface area contributed by atoms with E-state index in [1.165, 1.54) is 22.5 Å². The first-order valence-corrected chi connectivity index (χ1v) is 6.23. The van der Waals surface area contributed by atoms with E-state index in [1.807, 2.05) is 13.2 Å². The second-order valence-electron chi connectivity index (χ2n) is 3.71. The Balaban J connectivity index is 2.67. The van der Waals surface area contributed by atoms with Gasteiger partial charge in [0.25, 0.3) is 0 Å². The molecule has 1 heterocycles. The van der Waals surface area contributed by atoms with Gasteiger partial charge in [-0.2, -0.15) is 4.98 Å². The first-order valence-electron chi connectivity index (χ1n) is 5.00. The molecular weight excluding hydrogens is 241 g/mol. The van der Waals surface area contributed by atoms with Crippen LogP contribution in [0, 0.1) is 12.7 Å². The van der Waals surface area contributed by atoms with Gasteiger partial charge in [0.1, 0.15) is 5.82 Å². The molecule has 0 aliphatic heterocycles. The first-order chi connectivity index (χ1) is 8.02. The lowest BCUT2D eigenvalue weighted by molar-refractivity contribution is 0.624. The largest absolute Gasteiger partial charge is 0.361 e. The van der Waals surface area contributed by atoms with Gasteiger partial charge in [-0.1, -0.05) is 0 Å². The van der Waals surface area contributed by atoms with Crippen LogP contribution in [0.4, 0.5) is 4.39 Å². The predicted molar refractivity (Wildman–Crippen MR) is 65.7 cm³/mol. The lowest BCUT2D eigenvalue weighted by atomic mass is 10.1. The fraction of sp³-hybridized carbons (Fsp3) is 0.273. The smallest absolute Gasteiger partial charge is 0.269 e. The van der Waals surface area contributed by atoms with Gasteiger partial charge < -0.3 is 0 Å². The number of thioether (sulfide) groups is 1. The maximum atomic E-state index is 13.9. The SMILES string of the molecule is CSc1cc(-c2nc(=O)[nH]n2C)c(F)cc1C. The van der Waals surface area contributed by atoms with Crippen LogP contribution in [0.3, 0.4) is 0 Å². The van der Waals surface area contributed by atoms with E-state index in [0.717, 1.165) is 10.5 Å². The van der Waals surface area contributed by atoms with Gasteiger partial charge in [0.05, 0.1) is 5.56 Å². The number of aromatic amines is 1. The van der Waals surface area contributed by atoms with E-state index >= 15 is 0 Å². The van der Waals surface area contributed by atoms with E-state index in [1.54, 1.807) is 13.1 Å². The standard InChI is InChI=1S/C11H12FN3OS/c1-6-4-8(12)7(5-9(6)17-3)10-13-11(16)14-15(10)2/h4-5H,1-3H3,(H,14,16). The molecule has 0 saturated carbocycles. The third kappa shape index (κ3) is 2.12.